The van der Waals surface area contributed by atoms with E-state index in [4.69, 9.17) is 0 Å². The molecule has 1 aromatic carbocycles. The number of benzene rings is 1. The van der Waals surface area contributed by atoms with E-state index in [-0.39, 0.29) is 17.6 Å². The van der Waals surface area contributed by atoms with Gasteiger partial charge in [-0.05, 0) is 62.4 Å². The predicted molar refractivity (Wildman–Crippen MR) is 98.6 cm³/mol. The van der Waals surface area contributed by atoms with E-state index >= 15 is 0 Å². The van der Waals surface area contributed by atoms with Crippen LogP contribution in [0.1, 0.15) is 54.9 Å². The molecule has 2 saturated heterocycles. The number of aryl methyl sites for hydroxylation is 2. The number of rotatable bonds is 1. The molecule has 2 amide bonds. The van der Waals surface area contributed by atoms with Crippen molar-refractivity contribution < 1.29 is 14.4 Å². The lowest BCUT2D eigenvalue weighted by Gasteiger charge is -2.37. The zero-order chi connectivity index (χ0) is 19.1. The molecule has 2 aliphatic heterocycles. The van der Waals surface area contributed by atoms with Gasteiger partial charge in [0.15, 0.2) is 5.78 Å². The van der Waals surface area contributed by atoms with Crippen LogP contribution in [0.3, 0.4) is 0 Å². The van der Waals surface area contributed by atoms with Crippen molar-refractivity contribution in [3.8, 4) is 11.8 Å². The van der Waals surface area contributed by atoms with E-state index in [1.807, 2.05) is 26.0 Å². The number of carbonyl (C=O) groups is 3. The van der Waals surface area contributed by atoms with E-state index in [1.54, 1.807) is 11.8 Å². The van der Waals surface area contributed by atoms with Gasteiger partial charge in [-0.3, -0.25) is 14.4 Å². The number of amides is 2. The molecule has 0 bridgehead atoms. The number of Topliss-reactive ketones (excluding diaryl/α,β-unsaturated/α-hetero) is 1. The molecule has 136 valence electrons. The molecule has 0 aromatic heterocycles. The summed E-state index contributed by atoms with van der Waals surface area (Å²) in [6, 6.07) is 3.87. The minimum atomic E-state index is -0.839. The fraction of sp³-hybridized carbons (Fsp3) is 0.476. The van der Waals surface area contributed by atoms with E-state index < -0.39 is 11.5 Å². The minimum Gasteiger partial charge on any atom is -0.343 e. The molecule has 1 N–H and O–H groups in total. The predicted octanol–water partition coefficient (Wildman–Crippen LogP) is 1.84. The SMILES string of the molecule is CC#Cc1cc(C)c(C2C(=O)NC3(CCN(C(C)=O)CC3)C2=O)c(C)c1. The smallest absolute Gasteiger partial charge is 0.235 e. The number of hydrogen-bond donors (Lipinski definition) is 1. The molecule has 1 spiro atoms. The second-order valence-corrected chi connectivity index (χ2v) is 7.27. The van der Waals surface area contributed by atoms with Gasteiger partial charge in [0, 0.05) is 25.6 Å². The fourth-order valence-electron chi connectivity index (χ4n) is 4.25. The van der Waals surface area contributed by atoms with Gasteiger partial charge in [-0.1, -0.05) is 5.92 Å². The van der Waals surface area contributed by atoms with Crippen LogP contribution in [0.2, 0.25) is 0 Å². The summed E-state index contributed by atoms with van der Waals surface area (Å²) in [4.78, 5) is 39.3. The first-order valence-corrected chi connectivity index (χ1v) is 8.95. The van der Waals surface area contributed by atoms with Crippen LogP contribution in [0.15, 0.2) is 12.1 Å². The third-order valence-corrected chi connectivity index (χ3v) is 5.57. The van der Waals surface area contributed by atoms with Gasteiger partial charge < -0.3 is 10.2 Å². The number of nitrogens with zero attached hydrogens (tertiary/aromatic N) is 1. The van der Waals surface area contributed by atoms with Gasteiger partial charge in [0.2, 0.25) is 11.8 Å². The van der Waals surface area contributed by atoms with Crippen molar-refractivity contribution >= 4 is 17.6 Å². The first-order valence-electron chi connectivity index (χ1n) is 8.95. The lowest BCUT2D eigenvalue weighted by atomic mass is 9.78. The van der Waals surface area contributed by atoms with Crippen LogP contribution in [-0.2, 0) is 14.4 Å². The number of nitrogens with one attached hydrogen (secondary N) is 1. The lowest BCUT2D eigenvalue weighted by Crippen LogP contribution is -2.55. The van der Waals surface area contributed by atoms with Gasteiger partial charge in [-0.2, -0.15) is 0 Å². The van der Waals surface area contributed by atoms with Gasteiger partial charge in [-0.25, -0.2) is 0 Å². The summed E-state index contributed by atoms with van der Waals surface area (Å²) in [7, 11) is 0. The van der Waals surface area contributed by atoms with Crippen LogP contribution in [0.5, 0.6) is 0 Å². The highest BCUT2D eigenvalue weighted by Gasteiger charge is 2.54. The minimum absolute atomic E-state index is 0.00693. The molecule has 26 heavy (non-hydrogen) atoms. The Balaban J connectivity index is 1.93. The highest BCUT2D eigenvalue weighted by molar-refractivity contribution is 6.17. The van der Waals surface area contributed by atoms with Crippen molar-refractivity contribution in [3.05, 3.63) is 34.4 Å². The number of likely N-dealkylation sites (tertiary alicyclic amines) is 1. The highest BCUT2D eigenvalue weighted by atomic mass is 16.2. The molecule has 1 unspecified atom stereocenters. The molecular weight excluding hydrogens is 328 g/mol. The second-order valence-electron chi connectivity index (χ2n) is 7.27. The Labute approximate surface area is 154 Å². The van der Waals surface area contributed by atoms with Gasteiger partial charge in [0.05, 0.1) is 0 Å². The summed E-state index contributed by atoms with van der Waals surface area (Å²) in [5.74, 6) is 4.84. The molecule has 5 nitrogen and oxygen atoms in total. The monoisotopic (exact) mass is 352 g/mol. The molecule has 1 atom stereocenters. The largest absolute Gasteiger partial charge is 0.343 e. The first kappa shape index (κ1) is 18.2. The molecule has 2 heterocycles. The number of ketones is 1. The second kappa shape index (κ2) is 6.60. The zero-order valence-electron chi connectivity index (χ0n) is 15.7. The van der Waals surface area contributed by atoms with Crippen LogP contribution < -0.4 is 5.32 Å². The Morgan fingerprint density at radius 1 is 1.19 bits per heavy atom. The van der Waals surface area contributed by atoms with E-state index in [0.717, 1.165) is 22.3 Å². The molecule has 2 fully saturated rings. The van der Waals surface area contributed by atoms with Crippen molar-refractivity contribution in [1.82, 2.24) is 10.2 Å². The molecular formula is C21H24N2O3. The van der Waals surface area contributed by atoms with Crippen LogP contribution >= 0.6 is 0 Å². The highest BCUT2D eigenvalue weighted by Crippen LogP contribution is 2.38. The van der Waals surface area contributed by atoms with E-state index in [2.05, 4.69) is 17.2 Å². The Hall–Kier alpha value is -2.61. The Kier molecular flexibility index (Phi) is 4.62. The summed E-state index contributed by atoms with van der Waals surface area (Å²) in [5.41, 5.74) is 2.67. The number of piperidine rings is 1. The van der Waals surface area contributed by atoms with Crippen LogP contribution in [0, 0.1) is 25.7 Å². The van der Waals surface area contributed by atoms with Crippen molar-refractivity contribution in [2.45, 2.75) is 52.0 Å². The van der Waals surface area contributed by atoms with Crippen molar-refractivity contribution in [3.63, 3.8) is 0 Å². The van der Waals surface area contributed by atoms with E-state index in [1.165, 1.54) is 6.92 Å². The van der Waals surface area contributed by atoms with E-state index in [9.17, 15) is 14.4 Å². The summed E-state index contributed by atoms with van der Waals surface area (Å²) >= 11 is 0. The van der Waals surface area contributed by atoms with Gasteiger partial charge >= 0.3 is 0 Å². The zero-order valence-corrected chi connectivity index (χ0v) is 15.7. The Morgan fingerprint density at radius 2 is 1.77 bits per heavy atom. The van der Waals surface area contributed by atoms with Crippen molar-refractivity contribution in [1.29, 1.82) is 0 Å². The van der Waals surface area contributed by atoms with Crippen molar-refractivity contribution in [2.75, 3.05) is 13.1 Å². The van der Waals surface area contributed by atoms with Gasteiger partial charge in [0.25, 0.3) is 0 Å². The van der Waals surface area contributed by atoms with E-state index in [0.29, 0.717) is 25.9 Å². The van der Waals surface area contributed by atoms with Crippen molar-refractivity contribution in [2.24, 2.45) is 0 Å². The lowest BCUT2D eigenvalue weighted by molar-refractivity contribution is -0.133. The maximum Gasteiger partial charge on any atom is 0.235 e. The molecule has 0 radical (unpaired) electrons. The quantitative estimate of drug-likeness (QED) is 0.619. The Morgan fingerprint density at radius 3 is 2.27 bits per heavy atom. The number of hydrogen-bond acceptors (Lipinski definition) is 3. The average Bonchev–Trinajstić information content (AvgIpc) is 2.79. The maximum absolute atomic E-state index is 13.3. The van der Waals surface area contributed by atoms with Crippen LogP contribution in [-0.4, -0.2) is 41.1 Å². The summed E-state index contributed by atoms with van der Waals surface area (Å²) < 4.78 is 0. The summed E-state index contributed by atoms with van der Waals surface area (Å²) in [6.07, 6.45) is 0.955. The topological polar surface area (TPSA) is 66.5 Å². The summed E-state index contributed by atoms with van der Waals surface area (Å²) in [6.45, 7) is 8.15. The molecule has 0 aliphatic carbocycles. The molecule has 1 aromatic rings. The number of carbonyl (C=O) groups excluding carboxylic acids is 3. The fourth-order valence-corrected chi connectivity index (χ4v) is 4.25. The summed E-state index contributed by atoms with van der Waals surface area (Å²) in [5, 5.41) is 2.97. The third-order valence-electron chi connectivity index (χ3n) is 5.57. The van der Waals surface area contributed by atoms with Gasteiger partial charge in [-0.15, -0.1) is 5.92 Å². The molecule has 2 aliphatic rings. The van der Waals surface area contributed by atoms with Crippen LogP contribution in [0.25, 0.3) is 0 Å². The molecule has 3 rings (SSSR count). The van der Waals surface area contributed by atoms with Crippen LogP contribution in [0.4, 0.5) is 0 Å². The molecule has 5 heteroatoms. The standard InChI is InChI=1S/C21H24N2O3/c1-5-6-16-11-13(2)17(14(3)12-16)18-19(25)21(22-20(18)26)7-9-23(10-8-21)15(4)24/h11-12,18H,7-10H2,1-4H3,(H,22,26). The first-order chi connectivity index (χ1) is 12.3. The molecule has 0 saturated carbocycles. The normalized spacial score (nSPS) is 21.4. The average molecular weight is 352 g/mol. The van der Waals surface area contributed by atoms with Gasteiger partial charge in [0.1, 0.15) is 11.5 Å². The third kappa shape index (κ3) is 2.90. The maximum atomic E-state index is 13.3. The Bertz CT molecular complexity index is 829.